The predicted molar refractivity (Wildman–Crippen MR) is 42.3 cm³/mol. The largest absolute Gasteiger partial charge is 0.484 e. The fourth-order valence-electron chi connectivity index (χ4n) is 1.61. The van der Waals surface area contributed by atoms with Crippen molar-refractivity contribution in [3.05, 3.63) is 0 Å². The SMILES string of the molecule is CN=C(OC)C1CCCC1. The Bertz CT molecular complexity index is 125. The highest BCUT2D eigenvalue weighted by molar-refractivity contribution is 5.78. The van der Waals surface area contributed by atoms with Crippen LogP contribution in [-0.4, -0.2) is 20.1 Å². The van der Waals surface area contributed by atoms with Gasteiger partial charge in [-0.2, -0.15) is 0 Å². The summed E-state index contributed by atoms with van der Waals surface area (Å²) < 4.78 is 5.13. The van der Waals surface area contributed by atoms with Gasteiger partial charge in [-0.3, -0.25) is 4.99 Å². The van der Waals surface area contributed by atoms with Crippen molar-refractivity contribution in [2.75, 3.05) is 14.2 Å². The zero-order valence-electron chi connectivity index (χ0n) is 6.76. The smallest absolute Gasteiger partial charge is 0.185 e. The molecule has 0 amide bonds. The van der Waals surface area contributed by atoms with Crippen LogP contribution in [0.15, 0.2) is 4.99 Å². The molecule has 0 N–H and O–H groups in total. The van der Waals surface area contributed by atoms with Crippen molar-refractivity contribution in [1.82, 2.24) is 0 Å². The van der Waals surface area contributed by atoms with E-state index in [9.17, 15) is 0 Å². The Labute approximate surface area is 62.3 Å². The van der Waals surface area contributed by atoms with Crippen LogP contribution in [-0.2, 0) is 4.74 Å². The number of rotatable bonds is 1. The molecule has 0 atom stereocenters. The molecule has 10 heavy (non-hydrogen) atoms. The van der Waals surface area contributed by atoms with E-state index in [4.69, 9.17) is 4.74 Å². The molecule has 58 valence electrons. The Morgan fingerprint density at radius 3 is 2.40 bits per heavy atom. The summed E-state index contributed by atoms with van der Waals surface area (Å²) >= 11 is 0. The summed E-state index contributed by atoms with van der Waals surface area (Å²) in [6, 6.07) is 0. The number of aliphatic imine (C=N–C) groups is 1. The molecule has 0 aromatic rings. The van der Waals surface area contributed by atoms with Gasteiger partial charge < -0.3 is 4.74 Å². The Kier molecular flexibility index (Phi) is 2.72. The van der Waals surface area contributed by atoms with Crippen LogP contribution in [0.3, 0.4) is 0 Å². The van der Waals surface area contributed by atoms with E-state index in [0.29, 0.717) is 5.92 Å². The van der Waals surface area contributed by atoms with Crippen LogP contribution in [0.2, 0.25) is 0 Å². The van der Waals surface area contributed by atoms with Crippen LogP contribution in [0.25, 0.3) is 0 Å². The molecule has 0 aliphatic heterocycles. The second kappa shape index (κ2) is 3.59. The number of nitrogens with zero attached hydrogens (tertiary/aromatic N) is 1. The summed E-state index contributed by atoms with van der Waals surface area (Å²) in [4.78, 5) is 4.08. The molecule has 1 aliphatic carbocycles. The first-order chi connectivity index (χ1) is 4.88. The summed E-state index contributed by atoms with van der Waals surface area (Å²) in [6.07, 6.45) is 5.21. The van der Waals surface area contributed by atoms with Crippen LogP contribution in [0.4, 0.5) is 0 Å². The average molecular weight is 141 g/mol. The highest BCUT2D eigenvalue weighted by atomic mass is 16.5. The molecule has 0 unspecified atom stereocenters. The van der Waals surface area contributed by atoms with E-state index in [0.717, 1.165) is 5.90 Å². The van der Waals surface area contributed by atoms with Gasteiger partial charge in [0.2, 0.25) is 0 Å². The molecule has 0 spiro atoms. The third kappa shape index (κ3) is 1.49. The van der Waals surface area contributed by atoms with Crippen molar-refractivity contribution in [2.24, 2.45) is 10.9 Å². The van der Waals surface area contributed by atoms with Crippen LogP contribution < -0.4 is 0 Å². The molecule has 1 aliphatic rings. The van der Waals surface area contributed by atoms with Crippen molar-refractivity contribution in [2.45, 2.75) is 25.7 Å². The Balaban J connectivity index is 2.45. The number of ether oxygens (including phenoxy) is 1. The van der Waals surface area contributed by atoms with Crippen molar-refractivity contribution in [1.29, 1.82) is 0 Å². The summed E-state index contributed by atoms with van der Waals surface area (Å²) in [5.41, 5.74) is 0. The molecule has 0 aromatic heterocycles. The van der Waals surface area contributed by atoms with Crippen LogP contribution in [0, 0.1) is 5.92 Å². The zero-order chi connectivity index (χ0) is 7.40. The fraction of sp³-hybridized carbons (Fsp3) is 0.875. The third-order valence-corrected chi connectivity index (χ3v) is 2.13. The highest BCUT2D eigenvalue weighted by Crippen LogP contribution is 2.25. The molecule has 1 saturated carbocycles. The fourth-order valence-corrected chi connectivity index (χ4v) is 1.61. The van der Waals surface area contributed by atoms with Gasteiger partial charge in [-0.25, -0.2) is 0 Å². The van der Waals surface area contributed by atoms with Gasteiger partial charge in [-0.15, -0.1) is 0 Å². The van der Waals surface area contributed by atoms with Gasteiger partial charge in [0.15, 0.2) is 5.90 Å². The second-order valence-corrected chi connectivity index (χ2v) is 2.75. The molecule has 0 aromatic carbocycles. The van der Waals surface area contributed by atoms with Crippen LogP contribution >= 0.6 is 0 Å². The van der Waals surface area contributed by atoms with Gasteiger partial charge >= 0.3 is 0 Å². The minimum Gasteiger partial charge on any atom is -0.484 e. The quantitative estimate of drug-likeness (QED) is 0.403. The molecular weight excluding hydrogens is 126 g/mol. The van der Waals surface area contributed by atoms with Gasteiger partial charge in [0, 0.05) is 13.0 Å². The first-order valence-electron chi connectivity index (χ1n) is 3.89. The molecular formula is C8H15NO. The van der Waals surface area contributed by atoms with E-state index >= 15 is 0 Å². The van der Waals surface area contributed by atoms with E-state index in [-0.39, 0.29) is 0 Å². The molecule has 0 heterocycles. The lowest BCUT2D eigenvalue weighted by atomic mass is 10.1. The minimum atomic E-state index is 0.620. The lowest BCUT2D eigenvalue weighted by Crippen LogP contribution is -2.12. The average Bonchev–Trinajstić information content (AvgIpc) is 2.43. The number of methoxy groups -OCH3 is 1. The monoisotopic (exact) mass is 141 g/mol. The third-order valence-electron chi connectivity index (χ3n) is 2.13. The molecule has 1 fully saturated rings. The van der Waals surface area contributed by atoms with Gasteiger partial charge in [0.25, 0.3) is 0 Å². The van der Waals surface area contributed by atoms with Gasteiger partial charge in [0.05, 0.1) is 7.11 Å². The second-order valence-electron chi connectivity index (χ2n) is 2.75. The van der Waals surface area contributed by atoms with Crippen LogP contribution in [0.1, 0.15) is 25.7 Å². The van der Waals surface area contributed by atoms with Crippen LogP contribution in [0.5, 0.6) is 0 Å². The standard InChI is InChI=1S/C8H15NO/c1-9-8(10-2)7-5-3-4-6-7/h7H,3-6H2,1-2H3. The molecule has 0 saturated heterocycles. The maximum absolute atomic E-state index is 5.13. The van der Waals surface area contributed by atoms with E-state index in [1.165, 1.54) is 25.7 Å². The maximum Gasteiger partial charge on any atom is 0.185 e. The van der Waals surface area contributed by atoms with Crippen molar-refractivity contribution < 1.29 is 4.74 Å². The highest BCUT2D eigenvalue weighted by Gasteiger charge is 2.20. The topological polar surface area (TPSA) is 21.6 Å². The summed E-state index contributed by atoms with van der Waals surface area (Å²) in [6.45, 7) is 0. The zero-order valence-corrected chi connectivity index (χ0v) is 6.76. The summed E-state index contributed by atoms with van der Waals surface area (Å²) in [5, 5.41) is 0. The van der Waals surface area contributed by atoms with E-state index < -0.39 is 0 Å². The van der Waals surface area contributed by atoms with Crippen molar-refractivity contribution in [3.63, 3.8) is 0 Å². The molecule has 0 bridgehead atoms. The number of hydrogen-bond donors (Lipinski definition) is 0. The molecule has 2 nitrogen and oxygen atoms in total. The van der Waals surface area contributed by atoms with Gasteiger partial charge in [-0.05, 0) is 12.8 Å². The van der Waals surface area contributed by atoms with Crippen molar-refractivity contribution in [3.8, 4) is 0 Å². The predicted octanol–water partition coefficient (Wildman–Crippen LogP) is 1.85. The summed E-state index contributed by atoms with van der Waals surface area (Å²) in [5.74, 6) is 1.56. The normalized spacial score (nSPS) is 21.6. The van der Waals surface area contributed by atoms with E-state index in [2.05, 4.69) is 4.99 Å². The summed E-state index contributed by atoms with van der Waals surface area (Å²) in [7, 11) is 3.51. The maximum atomic E-state index is 5.13. The Morgan fingerprint density at radius 2 is 2.00 bits per heavy atom. The lowest BCUT2D eigenvalue weighted by Gasteiger charge is -2.09. The van der Waals surface area contributed by atoms with Crippen molar-refractivity contribution >= 4 is 5.90 Å². The Morgan fingerprint density at radius 1 is 1.40 bits per heavy atom. The first-order valence-corrected chi connectivity index (χ1v) is 3.89. The van der Waals surface area contributed by atoms with Gasteiger partial charge in [0.1, 0.15) is 0 Å². The molecule has 0 radical (unpaired) electrons. The van der Waals surface area contributed by atoms with E-state index in [1.54, 1.807) is 14.2 Å². The molecule has 2 heteroatoms. The molecule has 1 rings (SSSR count). The first kappa shape index (κ1) is 7.58. The Hall–Kier alpha value is -0.530. The lowest BCUT2D eigenvalue weighted by molar-refractivity contribution is 0.365. The minimum absolute atomic E-state index is 0.620. The van der Waals surface area contributed by atoms with E-state index in [1.807, 2.05) is 0 Å². The number of hydrogen-bond acceptors (Lipinski definition) is 2. The van der Waals surface area contributed by atoms with Gasteiger partial charge in [-0.1, -0.05) is 12.8 Å².